The summed E-state index contributed by atoms with van der Waals surface area (Å²) in [5.74, 6) is 0.251. The molecule has 3 nitrogen and oxygen atoms in total. The van der Waals surface area contributed by atoms with Crippen LogP contribution in [0.15, 0.2) is 12.2 Å². The van der Waals surface area contributed by atoms with E-state index in [1.807, 2.05) is 6.08 Å². The first-order valence-electron chi connectivity index (χ1n) is 8.49. The van der Waals surface area contributed by atoms with Crippen molar-refractivity contribution in [3.05, 3.63) is 12.2 Å². The lowest BCUT2D eigenvalue weighted by molar-refractivity contribution is -0.145. The predicted octanol–water partition coefficient (Wildman–Crippen LogP) is 5.32. The molecule has 0 aliphatic carbocycles. The van der Waals surface area contributed by atoms with Crippen LogP contribution in [0.3, 0.4) is 0 Å². The Bertz CT molecular complexity index is 356. The molecule has 22 heavy (non-hydrogen) atoms. The SMILES string of the molecule is CCCC[C@@H](C)/C=C/[C@@H](CO[Si](C)(C)C(C)(C)C)OC(C)=O. The molecule has 0 aromatic rings. The standard InChI is InChI=1S/C18H36O3Si/c1-9-10-11-15(2)12-13-17(21-16(3)19)14-20-22(7,8)18(4,5)6/h12-13,15,17H,9-11,14H2,1-8H3/b13-12+/t15-,17+/m1/s1. The molecule has 0 rings (SSSR count). The van der Waals surface area contributed by atoms with E-state index in [-0.39, 0.29) is 17.1 Å². The molecule has 4 heteroatoms. The van der Waals surface area contributed by atoms with Crippen LogP contribution < -0.4 is 0 Å². The third-order valence-corrected chi connectivity index (χ3v) is 8.90. The van der Waals surface area contributed by atoms with Gasteiger partial charge >= 0.3 is 5.97 Å². The Morgan fingerprint density at radius 3 is 2.27 bits per heavy atom. The van der Waals surface area contributed by atoms with Crippen molar-refractivity contribution in [3.63, 3.8) is 0 Å². The lowest BCUT2D eigenvalue weighted by Crippen LogP contribution is -2.42. The zero-order chi connectivity index (χ0) is 17.4. The van der Waals surface area contributed by atoms with E-state index < -0.39 is 8.32 Å². The molecule has 0 radical (unpaired) electrons. The fourth-order valence-electron chi connectivity index (χ4n) is 1.78. The zero-order valence-corrected chi connectivity index (χ0v) is 16.9. The highest BCUT2D eigenvalue weighted by molar-refractivity contribution is 6.74. The van der Waals surface area contributed by atoms with Gasteiger partial charge in [0, 0.05) is 6.92 Å². The Morgan fingerprint density at radius 2 is 1.82 bits per heavy atom. The fraction of sp³-hybridized carbons (Fsp3) is 0.833. The lowest BCUT2D eigenvalue weighted by atomic mass is 10.0. The molecule has 0 aliphatic heterocycles. The Kier molecular flexibility index (Phi) is 9.24. The molecule has 0 aromatic heterocycles. The minimum absolute atomic E-state index is 0.159. The maximum atomic E-state index is 11.3. The molecule has 0 spiro atoms. The molecule has 0 saturated heterocycles. The van der Waals surface area contributed by atoms with Crippen molar-refractivity contribution in [1.82, 2.24) is 0 Å². The summed E-state index contributed by atoms with van der Waals surface area (Å²) in [6.45, 7) is 17.4. The Balaban J connectivity index is 4.65. The number of carbonyl (C=O) groups excluding carboxylic acids is 1. The van der Waals surface area contributed by atoms with Gasteiger partial charge < -0.3 is 9.16 Å². The average molecular weight is 329 g/mol. The molecular weight excluding hydrogens is 292 g/mol. The first kappa shape index (κ1) is 21.4. The second kappa shape index (κ2) is 9.51. The Labute approximate surface area is 138 Å². The number of ether oxygens (including phenoxy) is 1. The molecule has 0 bridgehead atoms. The lowest BCUT2D eigenvalue weighted by Gasteiger charge is -2.36. The fourth-order valence-corrected chi connectivity index (χ4v) is 2.80. The molecule has 130 valence electrons. The second-order valence-corrected chi connectivity index (χ2v) is 12.5. The van der Waals surface area contributed by atoms with Gasteiger partial charge in [-0.05, 0) is 36.5 Å². The average Bonchev–Trinajstić information content (AvgIpc) is 2.37. The summed E-state index contributed by atoms with van der Waals surface area (Å²) in [5.41, 5.74) is 0. The van der Waals surface area contributed by atoms with Crippen LogP contribution in [0.4, 0.5) is 0 Å². The van der Waals surface area contributed by atoms with E-state index in [1.54, 1.807) is 0 Å². The van der Waals surface area contributed by atoms with Crippen molar-refractivity contribution in [2.75, 3.05) is 6.61 Å². The van der Waals surface area contributed by atoms with Gasteiger partial charge in [-0.3, -0.25) is 4.79 Å². The Hall–Kier alpha value is -0.613. The van der Waals surface area contributed by atoms with Gasteiger partial charge in [-0.25, -0.2) is 0 Å². The van der Waals surface area contributed by atoms with E-state index in [0.717, 1.165) is 0 Å². The van der Waals surface area contributed by atoms with Gasteiger partial charge in [-0.1, -0.05) is 53.5 Å². The summed E-state index contributed by atoms with van der Waals surface area (Å²) in [6.07, 6.45) is 7.47. The number of rotatable bonds is 9. The minimum atomic E-state index is -1.82. The maximum Gasteiger partial charge on any atom is 0.303 e. The van der Waals surface area contributed by atoms with Crippen LogP contribution in [0.25, 0.3) is 0 Å². The van der Waals surface area contributed by atoms with Crippen molar-refractivity contribution in [2.24, 2.45) is 5.92 Å². The highest BCUT2D eigenvalue weighted by Crippen LogP contribution is 2.36. The molecular formula is C18H36O3Si. The molecule has 2 atom stereocenters. The van der Waals surface area contributed by atoms with Gasteiger partial charge in [-0.15, -0.1) is 0 Å². The molecule has 0 aromatic carbocycles. The summed E-state index contributed by atoms with van der Waals surface area (Å²) >= 11 is 0. The first-order chi connectivity index (χ1) is 9.99. The van der Waals surface area contributed by atoms with Crippen molar-refractivity contribution < 1.29 is 14.0 Å². The summed E-state index contributed by atoms with van der Waals surface area (Å²) in [5, 5.41) is 0.159. The van der Waals surface area contributed by atoms with Crippen LogP contribution in [0.5, 0.6) is 0 Å². The molecule has 0 fully saturated rings. The van der Waals surface area contributed by atoms with Crippen LogP contribution in [0.2, 0.25) is 18.1 Å². The van der Waals surface area contributed by atoms with E-state index in [2.05, 4.69) is 53.8 Å². The largest absolute Gasteiger partial charge is 0.456 e. The van der Waals surface area contributed by atoms with E-state index >= 15 is 0 Å². The third-order valence-electron chi connectivity index (χ3n) is 4.40. The second-order valence-electron chi connectivity index (χ2n) is 7.72. The quantitative estimate of drug-likeness (QED) is 0.326. The Morgan fingerprint density at radius 1 is 1.23 bits per heavy atom. The van der Waals surface area contributed by atoms with Crippen molar-refractivity contribution in [1.29, 1.82) is 0 Å². The van der Waals surface area contributed by atoms with Crippen LogP contribution in [-0.2, 0) is 14.0 Å². The molecule has 0 heterocycles. The maximum absolute atomic E-state index is 11.3. The molecule has 0 aliphatic rings. The number of esters is 1. The first-order valence-corrected chi connectivity index (χ1v) is 11.4. The van der Waals surface area contributed by atoms with Gasteiger partial charge in [0.1, 0.15) is 6.10 Å². The summed E-state index contributed by atoms with van der Waals surface area (Å²) < 4.78 is 11.6. The van der Waals surface area contributed by atoms with Gasteiger partial charge in [-0.2, -0.15) is 0 Å². The molecule has 0 saturated carbocycles. The van der Waals surface area contributed by atoms with Crippen molar-refractivity contribution in [2.45, 2.75) is 85.0 Å². The number of carbonyl (C=O) groups is 1. The smallest absolute Gasteiger partial charge is 0.303 e. The van der Waals surface area contributed by atoms with Gasteiger partial charge in [0.25, 0.3) is 0 Å². The molecule has 0 amide bonds. The summed E-state index contributed by atoms with van der Waals surface area (Å²) in [7, 11) is -1.82. The van der Waals surface area contributed by atoms with Gasteiger partial charge in [0.15, 0.2) is 8.32 Å². The van der Waals surface area contributed by atoms with Crippen LogP contribution in [0.1, 0.15) is 60.8 Å². The van der Waals surface area contributed by atoms with E-state index in [1.165, 1.54) is 26.2 Å². The van der Waals surface area contributed by atoms with Gasteiger partial charge in [0.2, 0.25) is 0 Å². The van der Waals surface area contributed by atoms with E-state index in [4.69, 9.17) is 9.16 Å². The van der Waals surface area contributed by atoms with Crippen molar-refractivity contribution >= 4 is 14.3 Å². The number of allylic oxidation sites excluding steroid dienone is 1. The predicted molar refractivity (Wildman–Crippen MR) is 96.5 cm³/mol. The summed E-state index contributed by atoms with van der Waals surface area (Å²) in [4.78, 5) is 11.3. The normalized spacial score (nSPS) is 15.8. The minimum Gasteiger partial charge on any atom is -0.456 e. The van der Waals surface area contributed by atoms with Crippen LogP contribution in [0, 0.1) is 5.92 Å². The van der Waals surface area contributed by atoms with Gasteiger partial charge in [0.05, 0.1) is 6.61 Å². The number of hydrogen-bond acceptors (Lipinski definition) is 3. The molecule has 0 unspecified atom stereocenters. The number of hydrogen-bond donors (Lipinski definition) is 0. The van der Waals surface area contributed by atoms with E-state index in [0.29, 0.717) is 12.5 Å². The number of unbranched alkanes of at least 4 members (excludes halogenated alkanes) is 1. The highest BCUT2D eigenvalue weighted by Gasteiger charge is 2.37. The van der Waals surface area contributed by atoms with E-state index in [9.17, 15) is 4.79 Å². The monoisotopic (exact) mass is 328 g/mol. The zero-order valence-electron chi connectivity index (χ0n) is 15.9. The summed E-state index contributed by atoms with van der Waals surface area (Å²) in [6, 6.07) is 0. The highest BCUT2D eigenvalue weighted by atomic mass is 28.4. The van der Waals surface area contributed by atoms with Crippen LogP contribution >= 0.6 is 0 Å². The van der Waals surface area contributed by atoms with Crippen LogP contribution in [-0.4, -0.2) is 27.0 Å². The molecule has 0 N–H and O–H groups in total. The third kappa shape index (κ3) is 8.74. The topological polar surface area (TPSA) is 35.5 Å². The van der Waals surface area contributed by atoms with Crippen molar-refractivity contribution in [3.8, 4) is 0 Å².